The van der Waals surface area contributed by atoms with E-state index in [9.17, 15) is 4.79 Å². The molecule has 0 spiro atoms. The smallest absolute Gasteiger partial charge is 0.255 e. The van der Waals surface area contributed by atoms with Crippen molar-refractivity contribution in [2.45, 2.75) is 6.92 Å². The van der Waals surface area contributed by atoms with Crippen LogP contribution < -0.4 is 5.32 Å². The molecule has 0 saturated heterocycles. The highest BCUT2D eigenvalue weighted by molar-refractivity contribution is 9.11. The maximum Gasteiger partial charge on any atom is 0.255 e. The van der Waals surface area contributed by atoms with Crippen LogP contribution in [-0.2, 0) is 0 Å². The number of aryl methyl sites for hydroxylation is 1. The third-order valence-electron chi connectivity index (χ3n) is 2.61. The minimum Gasteiger partial charge on any atom is -0.321 e. The third kappa shape index (κ3) is 3.68. The molecule has 0 fully saturated rings. The normalized spacial score (nSPS) is 10.3. The summed E-state index contributed by atoms with van der Waals surface area (Å²) in [4.78, 5) is 12.2. The Morgan fingerprint density at radius 3 is 2.37 bits per heavy atom. The molecule has 0 unspecified atom stereocenters. The van der Waals surface area contributed by atoms with E-state index < -0.39 is 0 Å². The molecule has 0 radical (unpaired) electrons. The van der Waals surface area contributed by atoms with Crippen molar-refractivity contribution in [3.63, 3.8) is 0 Å². The molecule has 98 valence electrons. The van der Waals surface area contributed by atoms with Gasteiger partial charge >= 0.3 is 0 Å². The molecule has 0 aliphatic carbocycles. The minimum absolute atomic E-state index is 0.135. The summed E-state index contributed by atoms with van der Waals surface area (Å²) in [6.07, 6.45) is 0. The third-order valence-corrected chi connectivity index (χ3v) is 4.62. The Bertz CT molecular complexity index is 641. The Morgan fingerprint density at radius 1 is 1.00 bits per heavy atom. The molecular formula is C14H10Br3NO. The van der Waals surface area contributed by atoms with Crippen LogP contribution in [0.1, 0.15) is 15.9 Å². The maximum absolute atomic E-state index is 12.2. The lowest BCUT2D eigenvalue weighted by Gasteiger charge is -2.08. The topological polar surface area (TPSA) is 29.1 Å². The van der Waals surface area contributed by atoms with Crippen molar-refractivity contribution in [2.75, 3.05) is 5.32 Å². The van der Waals surface area contributed by atoms with E-state index in [4.69, 9.17) is 0 Å². The molecule has 2 aromatic carbocycles. The van der Waals surface area contributed by atoms with Crippen LogP contribution in [-0.4, -0.2) is 5.91 Å². The van der Waals surface area contributed by atoms with Gasteiger partial charge in [0.2, 0.25) is 0 Å². The lowest BCUT2D eigenvalue weighted by atomic mass is 10.1. The second kappa shape index (κ2) is 6.20. The second-order valence-electron chi connectivity index (χ2n) is 4.04. The number of halogens is 3. The van der Waals surface area contributed by atoms with E-state index in [2.05, 4.69) is 53.1 Å². The van der Waals surface area contributed by atoms with Gasteiger partial charge in [0.05, 0.1) is 5.69 Å². The summed E-state index contributed by atoms with van der Waals surface area (Å²) >= 11 is 10.2. The van der Waals surface area contributed by atoms with E-state index in [1.54, 1.807) is 0 Å². The van der Waals surface area contributed by atoms with Crippen molar-refractivity contribution < 1.29 is 4.79 Å². The van der Waals surface area contributed by atoms with Gasteiger partial charge in [-0.2, -0.15) is 0 Å². The first kappa shape index (κ1) is 14.8. The molecule has 1 amide bonds. The van der Waals surface area contributed by atoms with Gasteiger partial charge in [0.25, 0.3) is 5.91 Å². The standard InChI is InChI=1S/C14H10Br3NO/c1-8-2-3-9(6-11(8)16)14(19)18-13-5-4-10(15)7-12(13)17/h2-7H,1H3,(H,18,19). The zero-order valence-electron chi connectivity index (χ0n) is 10.0. The number of hydrogen-bond acceptors (Lipinski definition) is 1. The zero-order chi connectivity index (χ0) is 14.0. The molecule has 0 aromatic heterocycles. The molecule has 0 atom stereocenters. The molecule has 19 heavy (non-hydrogen) atoms. The summed E-state index contributed by atoms with van der Waals surface area (Å²) < 4.78 is 2.71. The predicted molar refractivity (Wildman–Crippen MR) is 88.7 cm³/mol. The number of anilines is 1. The van der Waals surface area contributed by atoms with Crippen molar-refractivity contribution >= 4 is 59.4 Å². The van der Waals surface area contributed by atoms with Crippen molar-refractivity contribution in [1.29, 1.82) is 0 Å². The van der Waals surface area contributed by atoms with E-state index >= 15 is 0 Å². The van der Waals surface area contributed by atoms with Crippen molar-refractivity contribution in [3.8, 4) is 0 Å². The second-order valence-corrected chi connectivity index (χ2v) is 6.67. The van der Waals surface area contributed by atoms with E-state index in [0.717, 1.165) is 24.7 Å². The van der Waals surface area contributed by atoms with Gasteiger partial charge in [-0.3, -0.25) is 4.79 Å². The molecule has 0 aliphatic heterocycles. The molecular weight excluding hydrogens is 438 g/mol. The van der Waals surface area contributed by atoms with E-state index in [1.807, 2.05) is 43.3 Å². The Balaban J connectivity index is 2.23. The summed E-state index contributed by atoms with van der Waals surface area (Å²) in [5.41, 5.74) is 2.46. The van der Waals surface area contributed by atoms with Crippen molar-refractivity contribution in [1.82, 2.24) is 0 Å². The Morgan fingerprint density at radius 2 is 1.74 bits per heavy atom. The average Bonchev–Trinajstić information content (AvgIpc) is 2.36. The number of benzene rings is 2. The summed E-state index contributed by atoms with van der Waals surface area (Å²) in [6, 6.07) is 11.1. The molecule has 0 heterocycles. The summed E-state index contributed by atoms with van der Waals surface area (Å²) in [5, 5.41) is 2.87. The fourth-order valence-corrected chi connectivity index (χ4v) is 3.04. The van der Waals surface area contributed by atoms with Crippen LogP contribution in [0.2, 0.25) is 0 Å². The van der Waals surface area contributed by atoms with Crippen LogP contribution in [0, 0.1) is 6.92 Å². The van der Waals surface area contributed by atoms with Crippen LogP contribution in [0.4, 0.5) is 5.69 Å². The van der Waals surface area contributed by atoms with Gasteiger partial charge in [-0.05, 0) is 58.7 Å². The first-order valence-corrected chi connectivity index (χ1v) is 7.88. The minimum atomic E-state index is -0.135. The van der Waals surface area contributed by atoms with Crippen LogP contribution in [0.3, 0.4) is 0 Å². The van der Waals surface area contributed by atoms with E-state index in [0.29, 0.717) is 5.56 Å². The van der Waals surface area contributed by atoms with Gasteiger partial charge in [-0.15, -0.1) is 0 Å². The van der Waals surface area contributed by atoms with Crippen LogP contribution in [0.25, 0.3) is 0 Å². The molecule has 2 aromatic rings. The fourth-order valence-electron chi connectivity index (χ4n) is 1.52. The molecule has 0 aliphatic rings. The number of amides is 1. The summed E-state index contributed by atoms with van der Waals surface area (Å²) in [5.74, 6) is -0.135. The SMILES string of the molecule is Cc1ccc(C(=O)Nc2ccc(Br)cc2Br)cc1Br. The molecule has 2 rings (SSSR count). The van der Waals surface area contributed by atoms with Crippen LogP contribution in [0.15, 0.2) is 49.8 Å². The zero-order valence-corrected chi connectivity index (χ0v) is 14.8. The number of carbonyl (C=O) groups is 1. The van der Waals surface area contributed by atoms with E-state index in [-0.39, 0.29) is 5.91 Å². The monoisotopic (exact) mass is 445 g/mol. The lowest BCUT2D eigenvalue weighted by Crippen LogP contribution is -2.12. The van der Waals surface area contributed by atoms with Crippen molar-refractivity contribution in [3.05, 3.63) is 60.9 Å². The van der Waals surface area contributed by atoms with Gasteiger partial charge in [0, 0.05) is 19.0 Å². The molecule has 1 N–H and O–H groups in total. The van der Waals surface area contributed by atoms with Gasteiger partial charge in [0.15, 0.2) is 0 Å². The molecule has 0 saturated carbocycles. The summed E-state index contributed by atoms with van der Waals surface area (Å²) in [6.45, 7) is 1.98. The highest BCUT2D eigenvalue weighted by Gasteiger charge is 2.09. The quantitative estimate of drug-likeness (QED) is 0.643. The highest BCUT2D eigenvalue weighted by atomic mass is 79.9. The fraction of sp³-hybridized carbons (Fsp3) is 0.0714. The van der Waals surface area contributed by atoms with Gasteiger partial charge in [-0.25, -0.2) is 0 Å². The first-order chi connectivity index (χ1) is 8.97. The number of hydrogen-bond donors (Lipinski definition) is 1. The summed E-state index contributed by atoms with van der Waals surface area (Å²) in [7, 11) is 0. The van der Waals surface area contributed by atoms with Crippen molar-refractivity contribution in [2.24, 2.45) is 0 Å². The van der Waals surface area contributed by atoms with Crippen LogP contribution in [0.5, 0.6) is 0 Å². The highest BCUT2D eigenvalue weighted by Crippen LogP contribution is 2.27. The largest absolute Gasteiger partial charge is 0.321 e. The van der Waals surface area contributed by atoms with Gasteiger partial charge in [0.1, 0.15) is 0 Å². The Hall–Kier alpha value is -0.650. The number of nitrogens with one attached hydrogen (secondary N) is 1. The predicted octanol–water partition coefficient (Wildman–Crippen LogP) is 5.53. The molecule has 2 nitrogen and oxygen atoms in total. The van der Waals surface area contributed by atoms with Gasteiger partial charge < -0.3 is 5.32 Å². The lowest BCUT2D eigenvalue weighted by molar-refractivity contribution is 0.102. The maximum atomic E-state index is 12.2. The molecule has 5 heteroatoms. The molecule has 0 bridgehead atoms. The number of carbonyl (C=O) groups excluding carboxylic acids is 1. The van der Waals surface area contributed by atoms with Crippen LogP contribution >= 0.6 is 47.8 Å². The first-order valence-electron chi connectivity index (χ1n) is 5.50. The Kier molecular flexibility index (Phi) is 4.81. The average molecular weight is 448 g/mol. The Labute approximate surface area is 137 Å². The van der Waals surface area contributed by atoms with E-state index in [1.165, 1.54) is 0 Å². The number of rotatable bonds is 2. The van der Waals surface area contributed by atoms with Gasteiger partial charge in [-0.1, -0.05) is 37.9 Å².